The van der Waals surface area contributed by atoms with E-state index in [-0.39, 0.29) is 36.6 Å². The number of hydrogen-bond acceptors (Lipinski definition) is 2. The second-order valence-electron chi connectivity index (χ2n) is 10.7. The van der Waals surface area contributed by atoms with Crippen molar-refractivity contribution in [3.63, 3.8) is 0 Å². The van der Waals surface area contributed by atoms with E-state index < -0.39 is 6.04 Å². The third-order valence-corrected chi connectivity index (χ3v) is 7.55. The van der Waals surface area contributed by atoms with E-state index >= 15 is 0 Å². The van der Waals surface area contributed by atoms with E-state index in [1.807, 2.05) is 30.3 Å². The molecule has 1 N–H and O–H groups in total. The van der Waals surface area contributed by atoms with Gasteiger partial charge in [0.25, 0.3) is 0 Å². The van der Waals surface area contributed by atoms with Crippen molar-refractivity contribution in [2.45, 2.75) is 83.3 Å². The van der Waals surface area contributed by atoms with Crippen molar-refractivity contribution in [3.8, 4) is 0 Å². The molecule has 1 aliphatic carbocycles. The van der Waals surface area contributed by atoms with Crippen LogP contribution in [0.1, 0.15) is 74.1 Å². The van der Waals surface area contributed by atoms with Gasteiger partial charge in [-0.25, -0.2) is 4.39 Å². The molecule has 5 heteroatoms. The van der Waals surface area contributed by atoms with E-state index in [9.17, 15) is 14.0 Å². The first kappa shape index (κ1) is 27.6. The minimum absolute atomic E-state index is 0.0490. The number of rotatable bonds is 11. The summed E-state index contributed by atoms with van der Waals surface area (Å²) in [6.07, 6.45) is 5.30. The normalized spacial score (nSPS) is 14.4. The van der Waals surface area contributed by atoms with E-state index in [4.69, 9.17) is 0 Å². The van der Waals surface area contributed by atoms with Crippen molar-refractivity contribution in [1.29, 1.82) is 0 Å². The SMILES string of the molecule is CC(C)c1ccc(CCC(=O)N(Cc2ccccc2F)[C@@H](Cc2ccccc2)C(=O)NC2CCCC2)cc1. The number of aryl methyl sites for hydroxylation is 1. The summed E-state index contributed by atoms with van der Waals surface area (Å²) < 4.78 is 14.7. The molecule has 4 nitrogen and oxygen atoms in total. The predicted octanol–water partition coefficient (Wildman–Crippen LogP) is 6.58. The highest BCUT2D eigenvalue weighted by atomic mass is 19.1. The molecule has 38 heavy (non-hydrogen) atoms. The summed E-state index contributed by atoms with van der Waals surface area (Å²) in [4.78, 5) is 29.1. The van der Waals surface area contributed by atoms with Crippen LogP contribution in [0.2, 0.25) is 0 Å². The van der Waals surface area contributed by atoms with Gasteiger partial charge in [-0.15, -0.1) is 0 Å². The Morgan fingerprint density at radius 2 is 1.55 bits per heavy atom. The lowest BCUT2D eigenvalue weighted by Crippen LogP contribution is -2.52. The lowest BCUT2D eigenvalue weighted by Gasteiger charge is -2.32. The second-order valence-corrected chi connectivity index (χ2v) is 10.7. The average Bonchev–Trinajstić information content (AvgIpc) is 3.44. The fourth-order valence-electron chi connectivity index (χ4n) is 5.20. The third-order valence-electron chi connectivity index (χ3n) is 7.55. The monoisotopic (exact) mass is 514 g/mol. The van der Waals surface area contributed by atoms with Crippen molar-refractivity contribution in [3.05, 3.63) is 107 Å². The van der Waals surface area contributed by atoms with Gasteiger partial charge in [-0.3, -0.25) is 9.59 Å². The Hall–Kier alpha value is -3.47. The van der Waals surface area contributed by atoms with Gasteiger partial charge in [0.05, 0.1) is 0 Å². The molecule has 1 fully saturated rings. The van der Waals surface area contributed by atoms with Gasteiger partial charge < -0.3 is 10.2 Å². The molecular weight excluding hydrogens is 475 g/mol. The Kier molecular flexibility index (Phi) is 9.69. The summed E-state index contributed by atoms with van der Waals surface area (Å²) in [5, 5.41) is 3.20. The standard InChI is InChI=1S/C33H39FN2O2/c1-24(2)27-19-16-25(17-20-27)18-21-32(37)36(23-28-12-6-9-15-30(28)34)31(22-26-10-4-3-5-11-26)33(38)35-29-13-7-8-14-29/h3-6,9-12,15-17,19-20,24,29,31H,7-8,13-14,18,21-23H2,1-2H3,(H,35,38)/t31-/m0/s1. The highest BCUT2D eigenvalue weighted by Crippen LogP contribution is 2.22. The molecule has 1 aliphatic rings. The molecule has 0 saturated heterocycles. The topological polar surface area (TPSA) is 49.4 Å². The van der Waals surface area contributed by atoms with Gasteiger partial charge in [0.1, 0.15) is 11.9 Å². The van der Waals surface area contributed by atoms with Crippen LogP contribution in [0.15, 0.2) is 78.9 Å². The average molecular weight is 515 g/mol. The zero-order valence-corrected chi connectivity index (χ0v) is 22.5. The number of carbonyl (C=O) groups excluding carboxylic acids is 2. The molecule has 3 aromatic rings. The molecule has 200 valence electrons. The maximum absolute atomic E-state index is 14.7. The van der Waals surface area contributed by atoms with Crippen LogP contribution >= 0.6 is 0 Å². The molecule has 3 aromatic carbocycles. The van der Waals surface area contributed by atoms with Crippen LogP contribution in [0.25, 0.3) is 0 Å². The zero-order chi connectivity index (χ0) is 26.9. The number of hydrogen-bond donors (Lipinski definition) is 1. The summed E-state index contributed by atoms with van der Waals surface area (Å²) in [6.45, 7) is 4.36. The molecule has 0 bridgehead atoms. The van der Waals surface area contributed by atoms with E-state index in [1.165, 1.54) is 11.6 Å². The summed E-state index contributed by atoms with van der Waals surface area (Å²) in [6, 6.07) is 24.0. The number of carbonyl (C=O) groups is 2. The van der Waals surface area contributed by atoms with Crippen LogP contribution in [0.4, 0.5) is 4.39 Å². The molecule has 0 radical (unpaired) electrons. The van der Waals surface area contributed by atoms with E-state index in [1.54, 1.807) is 23.1 Å². The quantitative estimate of drug-likeness (QED) is 0.314. The van der Waals surface area contributed by atoms with Gasteiger partial charge in [0, 0.05) is 31.0 Å². The van der Waals surface area contributed by atoms with Crippen LogP contribution in [-0.2, 0) is 29.0 Å². The van der Waals surface area contributed by atoms with Gasteiger partial charge in [-0.05, 0) is 47.9 Å². The molecule has 0 aromatic heterocycles. The molecule has 0 unspecified atom stereocenters. The van der Waals surface area contributed by atoms with E-state index in [2.05, 4.69) is 43.4 Å². The minimum atomic E-state index is -0.728. The van der Waals surface area contributed by atoms with Crippen LogP contribution in [-0.4, -0.2) is 28.8 Å². The number of nitrogens with one attached hydrogen (secondary N) is 1. The largest absolute Gasteiger partial charge is 0.352 e. The Balaban J connectivity index is 1.59. The highest BCUT2D eigenvalue weighted by Gasteiger charge is 2.32. The molecule has 0 aliphatic heterocycles. The second kappa shape index (κ2) is 13.4. The smallest absolute Gasteiger partial charge is 0.243 e. The Morgan fingerprint density at radius 1 is 0.895 bits per heavy atom. The van der Waals surface area contributed by atoms with E-state index in [0.717, 1.165) is 36.8 Å². The van der Waals surface area contributed by atoms with Crippen molar-refractivity contribution in [1.82, 2.24) is 10.2 Å². The first-order valence-electron chi connectivity index (χ1n) is 13.9. The number of nitrogens with zero attached hydrogens (tertiary/aromatic N) is 1. The summed E-state index contributed by atoms with van der Waals surface area (Å²) in [5.41, 5.74) is 3.71. The third kappa shape index (κ3) is 7.53. The lowest BCUT2D eigenvalue weighted by atomic mass is 9.99. The van der Waals surface area contributed by atoms with Gasteiger partial charge in [-0.2, -0.15) is 0 Å². The first-order chi connectivity index (χ1) is 18.4. The van der Waals surface area contributed by atoms with Gasteiger partial charge in [0.2, 0.25) is 11.8 Å². The maximum Gasteiger partial charge on any atom is 0.243 e. The van der Waals surface area contributed by atoms with Crippen LogP contribution in [0, 0.1) is 5.82 Å². The summed E-state index contributed by atoms with van der Waals surface area (Å²) in [7, 11) is 0. The summed E-state index contributed by atoms with van der Waals surface area (Å²) >= 11 is 0. The Morgan fingerprint density at radius 3 is 2.21 bits per heavy atom. The first-order valence-corrected chi connectivity index (χ1v) is 13.9. The van der Waals surface area contributed by atoms with Crippen LogP contribution in [0.3, 0.4) is 0 Å². The molecule has 4 rings (SSSR count). The van der Waals surface area contributed by atoms with Crippen molar-refractivity contribution in [2.75, 3.05) is 0 Å². The molecule has 0 spiro atoms. The molecule has 1 saturated carbocycles. The van der Waals surface area contributed by atoms with Crippen LogP contribution in [0.5, 0.6) is 0 Å². The minimum Gasteiger partial charge on any atom is -0.352 e. The van der Waals surface area contributed by atoms with Gasteiger partial charge in [-0.1, -0.05) is 99.5 Å². The molecule has 2 amide bonds. The zero-order valence-electron chi connectivity index (χ0n) is 22.5. The fraction of sp³-hybridized carbons (Fsp3) is 0.394. The fourth-order valence-corrected chi connectivity index (χ4v) is 5.20. The van der Waals surface area contributed by atoms with Crippen molar-refractivity contribution >= 4 is 11.8 Å². The van der Waals surface area contributed by atoms with Gasteiger partial charge >= 0.3 is 0 Å². The van der Waals surface area contributed by atoms with Crippen molar-refractivity contribution in [2.24, 2.45) is 0 Å². The Bertz CT molecular complexity index is 1190. The van der Waals surface area contributed by atoms with Crippen LogP contribution < -0.4 is 5.32 Å². The number of amides is 2. The Labute approximate surface area is 226 Å². The van der Waals surface area contributed by atoms with Crippen molar-refractivity contribution < 1.29 is 14.0 Å². The molecule has 1 atom stereocenters. The lowest BCUT2D eigenvalue weighted by molar-refractivity contribution is -0.141. The molecular formula is C33H39FN2O2. The van der Waals surface area contributed by atoms with E-state index in [0.29, 0.717) is 24.3 Å². The number of halogens is 1. The predicted molar refractivity (Wildman–Crippen MR) is 150 cm³/mol. The number of benzene rings is 3. The highest BCUT2D eigenvalue weighted by molar-refractivity contribution is 5.88. The maximum atomic E-state index is 14.7. The molecule has 0 heterocycles. The van der Waals surface area contributed by atoms with Gasteiger partial charge in [0.15, 0.2) is 0 Å². The summed E-state index contributed by atoms with van der Waals surface area (Å²) in [5.74, 6) is -0.237.